The van der Waals surface area contributed by atoms with Crippen LogP contribution in [0.5, 0.6) is 0 Å². The number of fused-ring (bicyclic) bond motifs is 3. The number of para-hydroxylation sites is 1. The number of hydrazone groups is 1. The van der Waals surface area contributed by atoms with E-state index in [0.29, 0.717) is 10.5 Å². The molecule has 0 unspecified atom stereocenters. The molecule has 6 nitrogen and oxygen atoms in total. The molecule has 2 aromatic carbocycles. The number of anilines is 1. The Morgan fingerprint density at radius 1 is 0.906 bits per heavy atom. The molecule has 2 amide bonds. The molecule has 0 aliphatic carbocycles. The summed E-state index contributed by atoms with van der Waals surface area (Å²) < 4.78 is 40.8. The number of amides is 2. The predicted molar refractivity (Wildman–Crippen MR) is 109 cm³/mol. The van der Waals surface area contributed by atoms with E-state index in [4.69, 9.17) is 0 Å². The molecule has 0 aromatic heterocycles. The molecule has 5 rings (SSSR count). The minimum atomic E-state index is -4.75. The van der Waals surface area contributed by atoms with Crippen LogP contribution in [0.1, 0.15) is 15.9 Å². The zero-order valence-electron chi connectivity index (χ0n) is 16.4. The maximum atomic E-state index is 13.6. The molecule has 2 saturated heterocycles. The van der Waals surface area contributed by atoms with Crippen molar-refractivity contribution in [3.05, 3.63) is 77.9 Å². The van der Waals surface area contributed by atoms with Crippen molar-refractivity contribution in [3.8, 4) is 0 Å². The van der Waals surface area contributed by atoms with Gasteiger partial charge in [-0.15, -0.1) is 0 Å². The average molecular weight is 439 g/mol. The largest absolute Gasteiger partial charge is 0.418 e. The number of carbonyl (C=O) groups is 3. The number of carbonyl (C=O) groups excluding carboxylic acids is 3. The number of Topliss-reactive ketones (excluding diaryl/α,β-unsaturated/α-hetero) is 1. The number of hydrogen-bond donors (Lipinski definition) is 0. The van der Waals surface area contributed by atoms with Crippen molar-refractivity contribution in [2.45, 2.75) is 18.3 Å². The van der Waals surface area contributed by atoms with Gasteiger partial charge in [0.25, 0.3) is 0 Å². The second-order valence-corrected chi connectivity index (χ2v) is 7.77. The smallest absolute Gasteiger partial charge is 0.292 e. The lowest BCUT2D eigenvalue weighted by Crippen LogP contribution is -2.46. The summed E-state index contributed by atoms with van der Waals surface area (Å²) in [6.07, 6.45) is -0.0609. The van der Waals surface area contributed by atoms with Crippen LogP contribution in [0.25, 0.3) is 0 Å². The molecule has 9 heteroatoms. The molecular weight excluding hydrogens is 423 g/mol. The van der Waals surface area contributed by atoms with E-state index in [1.165, 1.54) is 23.4 Å². The molecule has 3 aliphatic rings. The second-order valence-electron chi connectivity index (χ2n) is 7.77. The van der Waals surface area contributed by atoms with Crippen molar-refractivity contribution in [1.29, 1.82) is 0 Å². The van der Waals surface area contributed by atoms with Gasteiger partial charge in [0, 0.05) is 11.8 Å². The number of alkyl halides is 3. The minimum Gasteiger partial charge on any atom is -0.292 e. The second kappa shape index (κ2) is 7.15. The van der Waals surface area contributed by atoms with Crippen molar-refractivity contribution in [2.75, 3.05) is 4.90 Å². The Bertz CT molecular complexity index is 1180. The lowest BCUT2D eigenvalue weighted by Gasteiger charge is -2.30. The van der Waals surface area contributed by atoms with Crippen LogP contribution < -0.4 is 4.90 Å². The number of imide groups is 1. The first-order valence-corrected chi connectivity index (χ1v) is 9.93. The Morgan fingerprint density at radius 3 is 2.28 bits per heavy atom. The van der Waals surface area contributed by atoms with E-state index >= 15 is 0 Å². The molecule has 0 N–H and O–H groups in total. The lowest BCUT2D eigenvalue weighted by molar-refractivity contribution is -0.137. The third kappa shape index (κ3) is 2.88. The maximum Gasteiger partial charge on any atom is 0.418 e. The van der Waals surface area contributed by atoms with E-state index in [0.717, 1.165) is 12.1 Å². The molecule has 2 fully saturated rings. The minimum absolute atomic E-state index is 0.330. The Labute approximate surface area is 180 Å². The van der Waals surface area contributed by atoms with Crippen molar-refractivity contribution in [1.82, 2.24) is 5.01 Å². The number of hydrogen-bond acceptors (Lipinski definition) is 5. The zero-order chi connectivity index (χ0) is 22.6. The van der Waals surface area contributed by atoms with Crippen LogP contribution in [0.2, 0.25) is 0 Å². The van der Waals surface area contributed by atoms with Gasteiger partial charge in [0.05, 0.1) is 29.1 Å². The van der Waals surface area contributed by atoms with E-state index in [-0.39, 0.29) is 0 Å². The molecule has 0 spiro atoms. The van der Waals surface area contributed by atoms with E-state index < -0.39 is 58.9 Å². The predicted octanol–water partition coefficient (Wildman–Crippen LogP) is 3.30. The molecule has 3 aliphatic heterocycles. The highest BCUT2D eigenvalue weighted by Crippen LogP contribution is 2.48. The topological polar surface area (TPSA) is 70.0 Å². The van der Waals surface area contributed by atoms with Crippen LogP contribution >= 0.6 is 0 Å². The summed E-state index contributed by atoms with van der Waals surface area (Å²) in [6.45, 7) is 0. The Hall–Kier alpha value is -3.75. The first kappa shape index (κ1) is 20.2. The fourth-order valence-corrected chi connectivity index (χ4v) is 4.76. The van der Waals surface area contributed by atoms with Gasteiger partial charge in [0.15, 0.2) is 5.78 Å². The molecule has 0 bridgehead atoms. The molecule has 0 radical (unpaired) electrons. The fourth-order valence-electron chi connectivity index (χ4n) is 4.76. The highest BCUT2D eigenvalue weighted by atomic mass is 19.4. The van der Waals surface area contributed by atoms with Gasteiger partial charge in [0.1, 0.15) is 6.04 Å². The number of rotatable bonds is 3. The van der Waals surface area contributed by atoms with Gasteiger partial charge in [0.2, 0.25) is 11.8 Å². The molecule has 3 heterocycles. The molecule has 2 aromatic rings. The highest BCUT2D eigenvalue weighted by molar-refractivity contribution is 6.25. The Morgan fingerprint density at radius 2 is 1.56 bits per heavy atom. The van der Waals surface area contributed by atoms with Crippen LogP contribution in [0.3, 0.4) is 0 Å². The summed E-state index contributed by atoms with van der Waals surface area (Å²) in [6, 6.07) is 10.9. The van der Waals surface area contributed by atoms with E-state index in [2.05, 4.69) is 5.10 Å². The number of allylic oxidation sites excluding steroid dienone is 1. The van der Waals surface area contributed by atoms with Gasteiger partial charge >= 0.3 is 6.18 Å². The van der Waals surface area contributed by atoms with Gasteiger partial charge in [-0.3, -0.25) is 19.4 Å². The third-order valence-electron chi connectivity index (χ3n) is 6.07. The SMILES string of the molecule is O=C(c1ccccc1)[C@@H]1[C@@H]2C(=O)N(c3ccccc3C(F)(F)F)C(=O)[C@@H]2[C@H]2C=CC=NN21. The van der Waals surface area contributed by atoms with Crippen LogP contribution in [-0.2, 0) is 15.8 Å². The molecule has 0 saturated carbocycles. The first-order chi connectivity index (χ1) is 15.3. The number of nitrogens with zero attached hydrogens (tertiary/aromatic N) is 3. The van der Waals surface area contributed by atoms with E-state index in [1.807, 2.05) is 0 Å². The lowest BCUT2D eigenvalue weighted by atomic mass is 9.86. The molecule has 162 valence electrons. The van der Waals surface area contributed by atoms with Crippen LogP contribution in [0.4, 0.5) is 18.9 Å². The Kier molecular flexibility index (Phi) is 4.51. The Balaban J connectivity index is 1.61. The highest BCUT2D eigenvalue weighted by Gasteiger charge is 2.64. The monoisotopic (exact) mass is 439 g/mol. The number of ketones is 1. The summed E-state index contributed by atoms with van der Waals surface area (Å²) in [5.74, 6) is -4.18. The summed E-state index contributed by atoms with van der Waals surface area (Å²) in [7, 11) is 0. The summed E-state index contributed by atoms with van der Waals surface area (Å²) in [5, 5.41) is 5.65. The van der Waals surface area contributed by atoms with Crippen molar-refractivity contribution >= 4 is 29.5 Å². The number of halogens is 3. The van der Waals surface area contributed by atoms with Gasteiger partial charge in [-0.2, -0.15) is 18.3 Å². The van der Waals surface area contributed by atoms with E-state index in [1.54, 1.807) is 42.5 Å². The van der Waals surface area contributed by atoms with E-state index in [9.17, 15) is 27.6 Å². The molecular formula is C23H16F3N3O3. The maximum absolute atomic E-state index is 13.6. The van der Waals surface area contributed by atoms with Gasteiger partial charge in [-0.1, -0.05) is 48.5 Å². The van der Waals surface area contributed by atoms with Crippen LogP contribution in [0, 0.1) is 11.8 Å². The van der Waals surface area contributed by atoms with Gasteiger partial charge in [-0.05, 0) is 18.2 Å². The van der Waals surface area contributed by atoms with Crippen LogP contribution in [-0.4, -0.2) is 40.9 Å². The summed E-state index contributed by atoms with van der Waals surface area (Å²) in [5.41, 5.74) is -1.28. The van der Waals surface area contributed by atoms with Crippen molar-refractivity contribution < 1.29 is 27.6 Å². The van der Waals surface area contributed by atoms with Crippen molar-refractivity contribution in [3.63, 3.8) is 0 Å². The molecule has 32 heavy (non-hydrogen) atoms. The first-order valence-electron chi connectivity index (χ1n) is 9.93. The van der Waals surface area contributed by atoms with Gasteiger partial charge in [-0.25, -0.2) is 4.90 Å². The summed E-state index contributed by atoms with van der Waals surface area (Å²) in [4.78, 5) is 40.8. The quantitative estimate of drug-likeness (QED) is 0.544. The van der Waals surface area contributed by atoms with Crippen LogP contribution in [0.15, 0.2) is 71.9 Å². The molecule has 4 atom stereocenters. The third-order valence-corrected chi connectivity index (χ3v) is 6.07. The normalized spacial score (nSPS) is 26.5. The summed E-state index contributed by atoms with van der Waals surface area (Å²) >= 11 is 0. The van der Waals surface area contributed by atoms with Crippen molar-refractivity contribution in [2.24, 2.45) is 16.9 Å². The zero-order valence-corrected chi connectivity index (χ0v) is 16.4. The fraction of sp³-hybridized carbons (Fsp3) is 0.217. The number of benzene rings is 2. The average Bonchev–Trinajstić information content (AvgIpc) is 3.26. The van der Waals surface area contributed by atoms with Gasteiger partial charge < -0.3 is 0 Å². The standard InChI is InChI=1S/C23H16F3N3O3/c24-23(25,26)14-9-4-5-10-15(14)28-21(31)17-16-11-6-12-27-29(16)19(18(17)22(28)32)20(30)13-7-2-1-3-8-13/h1-12,16-19H/t16-,17-,18-,19+/m1/s1.